The van der Waals surface area contributed by atoms with Crippen LogP contribution in [0, 0.1) is 6.92 Å². The summed E-state index contributed by atoms with van der Waals surface area (Å²) in [6.45, 7) is 3.88. The third-order valence-electron chi connectivity index (χ3n) is 3.55. The zero-order valence-corrected chi connectivity index (χ0v) is 15.4. The van der Waals surface area contributed by atoms with Crippen LogP contribution in [0.15, 0.2) is 60.1 Å². The lowest BCUT2D eigenvalue weighted by atomic mass is 10.2. The minimum absolute atomic E-state index is 0.154. The first-order chi connectivity index (χ1) is 12.0. The van der Waals surface area contributed by atoms with E-state index in [0.29, 0.717) is 5.69 Å². The van der Waals surface area contributed by atoms with E-state index < -0.39 is 0 Å². The van der Waals surface area contributed by atoms with Crippen LogP contribution in [0.3, 0.4) is 0 Å². The van der Waals surface area contributed by atoms with Crippen molar-refractivity contribution in [3.8, 4) is 5.69 Å². The van der Waals surface area contributed by atoms with E-state index in [-0.39, 0.29) is 16.3 Å². The van der Waals surface area contributed by atoms with E-state index in [1.54, 1.807) is 24.5 Å². The molecule has 7 heteroatoms. The molecule has 0 aliphatic carbocycles. The molecule has 0 bridgehead atoms. The summed E-state index contributed by atoms with van der Waals surface area (Å²) in [5.41, 5.74) is 2.69. The van der Waals surface area contributed by atoms with Crippen molar-refractivity contribution in [3.05, 3.63) is 65.7 Å². The normalized spacial score (nSPS) is 12.0. The first-order valence-corrected chi connectivity index (χ1v) is 8.99. The number of carbonyl (C=O) groups excluding carboxylic acids is 1. The Morgan fingerprint density at radius 1 is 1.24 bits per heavy atom. The van der Waals surface area contributed by atoms with Gasteiger partial charge < -0.3 is 5.32 Å². The third kappa shape index (κ3) is 4.21. The van der Waals surface area contributed by atoms with Gasteiger partial charge in [-0.1, -0.05) is 35.5 Å². The van der Waals surface area contributed by atoms with Gasteiger partial charge in [0.25, 0.3) is 0 Å². The predicted molar refractivity (Wildman–Crippen MR) is 101 cm³/mol. The second-order valence-corrected chi connectivity index (χ2v) is 7.18. The summed E-state index contributed by atoms with van der Waals surface area (Å²) in [6, 6.07) is 11.6. The van der Waals surface area contributed by atoms with Gasteiger partial charge in [-0.2, -0.15) is 0 Å². The van der Waals surface area contributed by atoms with Gasteiger partial charge in [0.2, 0.25) is 5.91 Å². The number of hydrogen-bond donors (Lipinski definition) is 1. The van der Waals surface area contributed by atoms with Gasteiger partial charge in [-0.3, -0.25) is 9.36 Å². The molecule has 2 aromatic heterocycles. The molecule has 2 heterocycles. The van der Waals surface area contributed by atoms with E-state index in [4.69, 9.17) is 11.6 Å². The molecule has 0 saturated heterocycles. The molecule has 1 amide bonds. The second-order valence-electron chi connectivity index (χ2n) is 5.51. The number of pyridine rings is 1. The van der Waals surface area contributed by atoms with Crippen molar-refractivity contribution >= 4 is 35.0 Å². The fourth-order valence-corrected chi connectivity index (χ4v) is 3.33. The molecule has 1 atom stereocenters. The second kappa shape index (κ2) is 7.72. The SMILES string of the molecule is Cc1cccc(-n2ccnc2SC(C)C(=O)Nc2cccnc2Cl)c1. The van der Waals surface area contributed by atoms with Gasteiger partial charge in [0.15, 0.2) is 10.3 Å². The number of nitrogens with zero attached hydrogens (tertiary/aromatic N) is 3. The van der Waals surface area contributed by atoms with Gasteiger partial charge in [0.1, 0.15) is 0 Å². The van der Waals surface area contributed by atoms with Gasteiger partial charge in [0, 0.05) is 24.3 Å². The Labute approximate surface area is 155 Å². The van der Waals surface area contributed by atoms with Crippen molar-refractivity contribution in [1.82, 2.24) is 14.5 Å². The number of benzene rings is 1. The number of thioether (sulfide) groups is 1. The van der Waals surface area contributed by atoms with Gasteiger partial charge in [-0.25, -0.2) is 9.97 Å². The average Bonchev–Trinajstić information content (AvgIpc) is 3.05. The largest absolute Gasteiger partial charge is 0.322 e. The highest BCUT2D eigenvalue weighted by Crippen LogP contribution is 2.26. The van der Waals surface area contributed by atoms with Crippen LogP contribution in [0.1, 0.15) is 12.5 Å². The molecule has 0 aliphatic rings. The number of anilines is 1. The van der Waals surface area contributed by atoms with E-state index in [2.05, 4.69) is 21.4 Å². The number of amides is 1. The number of halogens is 1. The lowest BCUT2D eigenvalue weighted by molar-refractivity contribution is -0.115. The highest BCUT2D eigenvalue weighted by Gasteiger charge is 2.19. The topological polar surface area (TPSA) is 59.8 Å². The van der Waals surface area contributed by atoms with Crippen LogP contribution in [0.4, 0.5) is 5.69 Å². The summed E-state index contributed by atoms with van der Waals surface area (Å²) in [5, 5.41) is 3.48. The zero-order chi connectivity index (χ0) is 17.8. The quantitative estimate of drug-likeness (QED) is 0.534. The first kappa shape index (κ1) is 17.5. The molecule has 3 aromatic rings. The monoisotopic (exact) mass is 372 g/mol. The molecule has 0 radical (unpaired) electrons. The van der Waals surface area contributed by atoms with Crippen LogP contribution < -0.4 is 5.32 Å². The molecule has 0 saturated carbocycles. The Hall–Kier alpha value is -2.31. The summed E-state index contributed by atoms with van der Waals surface area (Å²) in [4.78, 5) is 20.8. The van der Waals surface area contributed by atoms with Crippen molar-refractivity contribution < 1.29 is 4.79 Å². The molecule has 1 unspecified atom stereocenters. The lowest BCUT2D eigenvalue weighted by Crippen LogP contribution is -2.23. The van der Waals surface area contributed by atoms with Crippen LogP contribution in [0.2, 0.25) is 5.15 Å². The van der Waals surface area contributed by atoms with E-state index >= 15 is 0 Å². The summed E-state index contributed by atoms with van der Waals surface area (Å²) >= 11 is 7.37. The van der Waals surface area contributed by atoms with Gasteiger partial charge in [-0.15, -0.1) is 0 Å². The molecular formula is C18H17ClN4OS. The fraction of sp³-hybridized carbons (Fsp3) is 0.167. The van der Waals surface area contributed by atoms with Crippen LogP contribution in [-0.4, -0.2) is 25.7 Å². The highest BCUT2D eigenvalue weighted by atomic mass is 35.5. The maximum Gasteiger partial charge on any atom is 0.237 e. The maximum atomic E-state index is 12.4. The molecular weight excluding hydrogens is 356 g/mol. The van der Waals surface area contributed by atoms with Gasteiger partial charge in [0.05, 0.1) is 10.9 Å². The molecule has 0 fully saturated rings. The van der Waals surface area contributed by atoms with Crippen LogP contribution in [-0.2, 0) is 4.79 Å². The number of imidazole rings is 1. The van der Waals surface area contributed by atoms with E-state index in [1.807, 2.05) is 42.8 Å². The highest BCUT2D eigenvalue weighted by molar-refractivity contribution is 8.00. The van der Waals surface area contributed by atoms with E-state index in [9.17, 15) is 4.79 Å². The molecule has 1 N–H and O–H groups in total. The number of carbonyl (C=O) groups is 1. The number of rotatable bonds is 5. The summed E-state index contributed by atoms with van der Waals surface area (Å²) in [6.07, 6.45) is 5.20. The Morgan fingerprint density at radius 2 is 2.08 bits per heavy atom. The first-order valence-electron chi connectivity index (χ1n) is 7.73. The summed E-state index contributed by atoms with van der Waals surface area (Å²) < 4.78 is 1.97. The Bertz CT molecular complexity index is 896. The summed E-state index contributed by atoms with van der Waals surface area (Å²) in [5.74, 6) is -0.154. The number of nitrogens with one attached hydrogen (secondary N) is 1. The maximum absolute atomic E-state index is 12.4. The number of hydrogen-bond acceptors (Lipinski definition) is 4. The lowest BCUT2D eigenvalue weighted by Gasteiger charge is -2.13. The zero-order valence-electron chi connectivity index (χ0n) is 13.8. The van der Waals surface area contributed by atoms with E-state index in [1.165, 1.54) is 17.3 Å². The van der Waals surface area contributed by atoms with Crippen LogP contribution in [0.5, 0.6) is 0 Å². The molecule has 5 nitrogen and oxygen atoms in total. The minimum atomic E-state index is -0.345. The van der Waals surface area contributed by atoms with E-state index in [0.717, 1.165) is 10.8 Å². The van der Waals surface area contributed by atoms with Crippen molar-refractivity contribution in [1.29, 1.82) is 0 Å². The standard InChI is InChI=1S/C18H17ClN4OS/c1-12-5-3-6-14(11-12)23-10-9-21-18(23)25-13(2)17(24)22-15-7-4-8-20-16(15)19/h3-11,13H,1-2H3,(H,22,24). The van der Waals surface area contributed by atoms with Crippen molar-refractivity contribution in [2.75, 3.05) is 5.32 Å². The van der Waals surface area contributed by atoms with Crippen molar-refractivity contribution in [3.63, 3.8) is 0 Å². The predicted octanol–water partition coefficient (Wildman–Crippen LogP) is 4.35. The van der Waals surface area contributed by atoms with Gasteiger partial charge >= 0.3 is 0 Å². The van der Waals surface area contributed by atoms with Crippen molar-refractivity contribution in [2.24, 2.45) is 0 Å². The van der Waals surface area contributed by atoms with Crippen LogP contribution in [0.25, 0.3) is 5.69 Å². The minimum Gasteiger partial charge on any atom is -0.322 e. The molecule has 1 aromatic carbocycles. The number of aryl methyl sites for hydroxylation is 1. The number of aromatic nitrogens is 3. The fourth-order valence-electron chi connectivity index (χ4n) is 2.28. The Kier molecular flexibility index (Phi) is 5.40. The van der Waals surface area contributed by atoms with Crippen molar-refractivity contribution in [2.45, 2.75) is 24.3 Å². The third-order valence-corrected chi connectivity index (χ3v) is 4.94. The van der Waals surface area contributed by atoms with Gasteiger partial charge in [-0.05, 0) is 43.7 Å². The smallest absolute Gasteiger partial charge is 0.237 e. The van der Waals surface area contributed by atoms with Crippen LogP contribution >= 0.6 is 23.4 Å². The Balaban J connectivity index is 1.74. The molecule has 0 aliphatic heterocycles. The average molecular weight is 373 g/mol. The Morgan fingerprint density at radius 3 is 2.84 bits per heavy atom. The molecule has 128 valence electrons. The molecule has 25 heavy (non-hydrogen) atoms. The molecule has 0 spiro atoms. The summed E-state index contributed by atoms with van der Waals surface area (Å²) in [7, 11) is 0. The molecule has 3 rings (SSSR count).